The summed E-state index contributed by atoms with van der Waals surface area (Å²) in [6.07, 6.45) is 4.59. The molecule has 0 atom stereocenters. The minimum atomic E-state index is -0.975. The van der Waals surface area contributed by atoms with Gasteiger partial charge in [-0.2, -0.15) is 19.9 Å². The van der Waals surface area contributed by atoms with E-state index in [2.05, 4.69) is 30.6 Å². The number of nitrogens with one attached hydrogen (secondary N) is 1. The normalized spacial score (nSPS) is 11.1. The maximum absolute atomic E-state index is 10.9. The van der Waals surface area contributed by atoms with Gasteiger partial charge in [0.05, 0.1) is 30.5 Å². The lowest BCUT2D eigenvalue weighted by atomic mass is 10.1. The van der Waals surface area contributed by atoms with Gasteiger partial charge in [-0.3, -0.25) is 5.43 Å². The maximum Gasteiger partial charge on any atom is 0.335 e. The molecule has 0 unspecified atom stereocenters. The van der Waals surface area contributed by atoms with E-state index in [1.165, 1.54) is 18.5 Å². The van der Waals surface area contributed by atoms with Crippen molar-refractivity contribution in [2.75, 3.05) is 12.5 Å². The summed E-state index contributed by atoms with van der Waals surface area (Å²) < 4.78 is 6.74. The molecule has 0 saturated heterocycles. The number of carbonyl (C=O) groups is 1. The van der Waals surface area contributed by atoms with Crippen molar-refractivity contribution < 1.29 is 14.6 Å². The molecule has 144 valence electrons. The molecule has 29 heavy (non-hydrogen) atoms. The van der Waals surface area contributed by atoms with Crippen LogP contribution in [0.2, 0.25) is 0 Å². The number of rotatable bonds is 6. The summed E-state index contributed by atoms with van der Waals surface area (Å²) in [5.74, 6) is 0.531. The smallest absolute Gasteiger partial charge is 0.335 e. The Bertz CT molecular complexity index is 1200. The van der Waals surface area contributed by atoms with Crippen LogP contribution in [0.3, 0.4) is 0 Å². The van der Waals surface area contributed by atoms with Crippen molar-refractivity contribution in [1.82, 2.24) is 24.7 Å². The van der Waals surface area contributed by atoms with Crippen LogP contribution in [0.25, 0.3) is 16.9 Å². The molecule has 1 aromatic carbocycles. The number of fused-ring (bicyclic) bond motifs is 1. The lowest BCUT2D eigenvalue weighted by Crippen LogP contribution is -2.02. The predicted octanol–water partition coefficient (Wildman–Crippen LogP) is 2.36. The Labute approximate surface area is 164 Å². The number of hydrazone groups is 1. The lowest BCUT2D eigenvalue weighted by molar-refractivity contribution is 0.0697. The predicted molar refractivity (Wildman–Crippen MR) is 106 cm³/mol. The quantitative estimate of drug-likeness (QED) is 0.380. The summed E-state index contributed by atoms with van der Waals surface area (Å²) in [7, 11) is 1.55. The van der Waals surface area contributed by atoms with Crippen molar-refractivity contribution >= 4 is 29.0 Å². The van der Waals surface area contributed by atoms with E-state index >= 15 is 0 Å². The van der Waals surface area contributed by atoms with Crippen LogP contribution in [0.1, 0.15) is 15.9 Å². The first kappa shape index (κ1) is 18.0. The van der Waals surface area contributed by atoms with Crippen LogP contribution in [-0.2, 0) is 0 Å². The Hall–Kier alpha value is -4.34. The Morgan fingerprint density at radius 1 is 1.21 bits per heavy atom. The third-order valence-corrected chi connectivity index (χ3v) is 4.04. The fraction of sp³-hybridized carbons (Fsp3) is 0.0526. The van der Waals surface area contributed by atoms with Gasteiger partial charge in [-0.1, -0.05) is 18.2 Å². The van der Waals surface area contributed by atoms with Gasteiger partial charge in [-0.25, -0.2) is 14.8 Å². The summed E-state index contributed by atoms with van der Waals surface area (Å²) in [6, 6.07) is 11.7. The van der Waals surface area contributed by atoms with Crippen molar-refractivity contribution in [3.63, 3.8) is 0 Å². The standard InChI is InChI=1S/C19H15N7O3/c1-29-16-4-2-3-15(24-16)26-18-14(10-23-26)17(20-11-21-18)25-22-9-12-5-7-13(8-6-12)19(27)28/h2-11H,1H3,(H,27,28)(H,20,21,25)/b22-9+. The molecule has 0 aliphatic carbocycles. The molecule has 0 saturated carbocycles. The Morgan fingerprint density at radius 3 is 2.79 bits per heavy atom. The Balaban J connectivity index is 1.58. The lowest BCUT2D eigenvalue weighted by Gasteiger charge is -2.05. The van der Waals surface area contributed by atoms with Crippen LogP contribution >= 0.6 is 0 Å². The molecule has 0 radical (unpaired) electrons. The van der Waals surface area contributed by atoms with Crippen LogP contribution in [-0.4, -0.2) is 49.1 Å². The Morgan fingerprint density at radius 2 is 2.03 bits per heavy atom. The average molecular weight is 389 g/mol. The van der Waals surface area contributed by atoms with Crippen molar-refractivity contribution in [3.8, 4) is 11.7 Å². The number of aromatic carboxylic acids is 1. The van der Waals surface area contributed by atoms with Crippen LogP contribution in [0.4, 0.5) is 5.82 Å². The van der Waals surface area contributed by atoms with Gasteiger partial charge in [-0.15, -0.1) is 0 Å². The molecular formula is C19H15N7O3. The first-order chi connectivity index (χ1) is 14.2. The number of benzene rings is 1. The first-order valence-corrected chi connectivity index (χ1v) is 8.48. The molecule has 3 heterocycles. The van der Waals surface area contributed by atoms with Crippen molar-refractivity contribution in [2.24, 2.45) is 5.10 Å². The Kier molecular flexibility index (Phi) is 4.81. The minimum absolute atomic E-state index is 0.214. The number of hydrogen-bond donors (Lipinski definition) is 2. The molecule has 0 amide bonds. The largest absolute Gasteiger partial charge is 0.481 e. The SMILES string of the molecule is COc1cccc(-n2ncc3c(N/N=C/c4ccc(C(=O)O)cc4)ncnc32)n1. The molecule has 10 heteroatoms. The minimum Gasteiger partial charge on any atom is -0.481 e. The second-order valence-corrected chi connectivity index (χ2v) is 5.85. The van der Waals surface area contributed by atoms with E-state index in [1.54, 1.807) is 48.5 Å². The van der Waals surface area contributed by atoms with Crippen LogP contribution in [0.15, 0.2) is 60.1 Å². The van der Waals surface area contributed by atoms with E-state index in [0.717, 1.165) is 5.56 Å². The molecule has 3 aromatic heterocycles. The van der Waals surface area contributed by atoms with Crippen molar-refractivity contribution in [3.05, 3.63) is 66.1 Å². The third kappa shape index (κ3) is 3.72. The van der Waals surface area contributed by atoms with Gasteiger partial charge in [0.15, 0.2) is 17.3 Å². The molecule has 0 bridgehead atoms. The van der Waals surface area contributed by atoms with Gasteiger partial charge in [0.2, 0.25) is 5.88 Å². The second kappa shape index (κ2) is 7.72. The van der Waals surface area contributed by atoms with Gasteiger partial charge in [0, 0.05) is 6.07 Å². The van der Waals surface area contributed by atoms with Gasteiger partial charge in [-0.05, 0) is 23.8 Å². The second-order valence-electron chi connectivity index (χ2n) is 5.85. The molecule has 4 rings (SSSR count). The highest BCUT2D eigenvalue weighted by Gasteiger charge is 2.12. The summed E-state index contributed by atoms with van der Waals surface area (Å²) in [5.41, 5.74) is 4.38. The molecule has 0 aliphatic heterocycles. The van der Waals surface area contributed by atoms with Crippen LogP contribution in [0, 0.1) is 0 Å². The number of aromatic nitrogens is 5. The van der Waals surface area contributed by atoms with E-state index < -0.39 is 5.97 Å². The number of hydrogen-bond acceptors (Lipinski definition) is 8. The zero-order valence-corrected chi connectivity index (χ0v) is 15.2. The van der Waals surface area contributed by atoms with E-state index in [1.807, 2.05) is 6.07 Å². The van der Waals surface area contributed by atoms with Crippen molar-refractivity contribution in [1.29, 1.82) is 0 Å². The van der Waals surface area contributed by atoms with Crippen molar-refractivity contribution in [2.45, 2.75) is 0 Å². The first-order valence-electron chi connectivity index (χ1n) is 8.48. The van der Waals surface area contributed by atoms with Gasteiger partial charge in [0.1, 0.15) is 6.33 Å². The number of methoxy groups -OCH3 is 1. The van der Waals surface area contributed by atoms with E-state index in [4.69, 9.17) is 9.84 Å². The number of carboxylic acid groups (broad SMARTS) is 1. The number of ether oxygens (including phenoxy) is 1. The zero-order valence-electron chi connectivity index (χ0n) is 15.2. The van der Waals surface area contributed by atoms with Gasteiger partial charge >= 0.3 is 5.97 Å². The van der Waals surface area contributed by atoms with E-state index in [0.29, 0.717) is 28.5 Å². The molecule has 0 spiro atoms. The summed E-state index contributed by atoms with van der Waals surface area (Å²) >= 11 is 0. The molecule has 10 nitrogen and oxygen atoms in total. The molecule has 0 fully saturated rings. The number of pyridine rings is 1. The number of carboxylic acids is 1. The summed E-state index contributed by atoms with van der Waals surface area (Å²) in [6.45, 7) is 0. The van der Waals surface area contributed by atoms with E-state index in [-0.39, 0.29) is 5.56 Å². The fourth-order valence-electron chi connectivity index (χ4n) is 2.62. The topological polar surface area (TPSA) is 127 Å². The third-order valence-electron chi connectivity index (χ3n) is 4.04. The van der Waals surface area contributed by atoms with Crippen LogP contribution < -0.4 is 10.2 Å². The fourth-order valence-corrected chi connectivity index (χ4v) is 2.62. The molecule has 0 aliphatic rings. The number of nitrogens with zero attached hydrogens (tertiary/aromatic N) is 6. The summed E-state index contributed by atoms with van der Waals surface area (Å²) in [5, 5.41) is 18.1. The highest BCUT2D eigenvalue weighted by atomic mass is 16.5. The highest BCUT2D eigenvalue weighted by molar-refractivity contribution is 5.90. The summed E-state index contributed by atoms with van der Waals surface area (Å²) in [4.78, 5) is 23.7. The molecule has 4 aromatic rings. The average Bonchev–Trinajstić information content (AvgIpc) is 3.19. The highest BCUT2D eigenvalue weighted by Crippen LogP contribution is 2.21. The maximum atomic E-state index is 10.9. The van der Waals surface area contributed by atoms with Crippen LogP contribution in [0.5, 0.6) is 5.88 Å². The monoisotopic (exact) mass is 389 g/mol. The van der Waals surface area contributed by atoms with Gasteiger partial charge < -0.3 is 9.84 Å². The zero-order chi connectivity index (χ0) is 20.2. The van der Waals surface area contributed by atoms with Gasteiger partial charge in [0.25, 0.3) is 0 Å². The molecule has 2 N–H and O–H groups in total. The molecular weight excluding hydrogens is 374 g/mol. The number of anilines is 1. The van der Waals surface area contributed by atoms with E-state index in [9.17, 15) is 4.79 Å².